The summed E-state index contributed by atoms with van der Waals surface area (Å²) >= 11 is 0. The maximum absolute atomic E-state index is 9.26. The largest absolute Gasteiger partial charge is 0.308 e. The van der Waals surface area contributed by atoms with Crippen molar-refractivity contribution in [3.05, 3.63) is 48.0 Å². The highest BCUT2D eigenvalue weighted by Gasteiger charge is 2.28. The van der Waals surface area contributed by atoms with Crippen LogP contribution < -0.4 is 5.73 Å². The molecule has 0 bridgehead atoms. The van der Waals surface area contributed by atoms with E-state index in [4.69, 9.17) is 11.0 Å². The van der Waals surface area contributed by atoms with Gasteiger partial charge in [-0.25, -0.2) is 9.67 Å². The van der Waals surface area contributed by atoms with Crippen LogP contribution in [0.2, 0.25) is 0 Å². The Kier molecular flexibility index (Phi) is 3.05. The first-order valence-corrected chi connectivity index (χ1v) is 5.23. The summed E-state index contributed by atoms with van der Waals surface area (Å²) in [5.74, 6) is 0.0587. The molecule has 2 rings (SSSR count). The summed E-state index contributed by atoms with van der Waals surface area (Å²) < 4.78 is 1.40. The fourth-order valence-corrected chi connectivity index (χ4v) is 1.60. The van der Waals surface area contributed by atoms with Gasteiger partial charge in [0.15, 0.2) is 0 Å². The van der Waals surface area contributed by atoms with Crippen LogP contribution in [0.25, 0.3) is 0 Å². The van der Waals surface area contributed by atoms with Crippen LogP contribution in [-0.4, -0.2) is 14.8 Å². The standard InChI is InChI=1S/C12H10N6/c13-6-11-16-9-18(17-11)8-12(15,7-14)10-4-2-1-3-5-10/h1-5,9H,8,15H2. The van der Waals surface area contributed by atoms with Crippen molar-refractivity contribution in [3.8, 4) is 12.1 Å². The van der Waals surface area contributed by atoms with Gasteiger partial charge in [-0.3, -0.25) is 0 Å². The van der Waals surface area contributed by atoms with E-state index in [9.17, 15) is 5.26 Å². The Bertz CT molecular complexity index is 618. The lowest BCUT2D eigenvalue weighted by molar-refractivity contribution is 0.440. The van der Waals surface area contributed by atoms with Crippen molar-refractivity contribution in [2.45, 2.75) is 12.1 Å². The van der Waals surface area contributed by atoms with Gasteiger partial charge in [0.2, 0.25) is 0 Å². The van der Waals surface area contributed by atoms with E-state index in [1.807, 2.05) is 24.3 Å². The summed E-state index contributed by atoms with van der Waals surface area (Å²) in [6, 6.07) is 13.0. The van der Waals surface area contributed by atoms with Crippen molar-refractivity contribution >= 4 is 0 Å². The molecule has 1 aromatic carbocycles. The van der Waals surface area contributed by atoms with Crippen molar-refractivity contribution in [1.29, 1.82) is 10.5 Å². The number of hydrogen-bond donors (Lipinski definition) is 1. The van der Waals surface area contributed by atoms with E-state index in [2.05, 4.69) is 16.2 Å². The Morgan fingerprint density at radius 2 is 2.00 bits per heavy atom. The SMILES string of the molecule is N#Cc1ncn(CC(N)(C#N)c2ccccc2)n1. The highest BCUT2D eigenvalue weighted by atomic mass is 15.3. The molecule has 0 radical (unpaired) electrons. The van der Waals surface area contributed by atoms with Gasteiger partial charge in [-0.2, -0.15) is 10.5 Å². The molecule has 6 nitrogen and oxygen atoms in total. The molecule has 0 saturated carbocycles. The molecule has 88 valence electrons. The van der Waals surface area contributed by atoms with Gasteiger partial charge in [0, 0.05) is 0 Å². The van der Waals surface area contributed by atoms with Gasteiger partial charge < -0.3 is 5.73 Å². The summed E-state index contributed by atoms with van der Waals surface area (Å²) in [5.41, 5.74) is 5.57. The average molecular weight is 238 g/mol. The van der Waals surface area contributed by atoms with E-state index in [1.54, 1.807) is 12.1 Å². The molecular formula is C12H10N6. The van der Waals surface area contributed by atoms with Crippen molar-refractivity contribution in [2.75, 3.05) is 0 Å². The Morgan fingerprint density at radius 3 is 2.56 bits per heavy atom. The van der Waals surface area contributed by atoms with Crippen LogP contribution in [0.3, 0.4) is 0 Å². The first-order chi connectivity index (χ1) is 8.68. The van der Waals surface area contributed by atoms with Gasteiger partial charge in [-0.1, -0.05) is 30.3 Å². The van der Waals surface area contributed by atoms with Gasteiger partial charge in [0.05, 0.1) is 12.6 Å². The summed E-state index contributed by atoms with van der Waals surface area (Å²) in [4.78, 5) is 3.77. The van der Waals surface area contributed by atoms with Gasteiger partial charge >= 0.3 is 0 Å². The minimum Gasteiger partial charge on any atom is -0.308 e. The lowest BCUT2D eigenvalue weighted by Crippen LogP contribution is -2.39. The molecule has 0 amide bonds. The molecule has 1 heterocycles. The van der Waals surface area contributed by atoms with E-state index < -0.39 is 5.54 Å². The highest BCUT2D eigenvalue weighted by molar-refractivity contribution is 5.30. The third-order valence-electron chi connectivity index (χ3n) is 2.54. The predicted molar refractivity (Wildman–Crippen MR) is 62.7 cm³/mol. The molecule has 2 N–H and O–H groups in total. The molecule has 0 spiro atoms. The molecule has 0 aliphatic carbocycles. The molecule has 1 atom stereocenters. The fraction of sp³-hybridized carbons (Fsp3) is 0.167. The second kappa shape index (κ2) is 4.66. The molecule has 1 unspecified atom stereocenters. The number of nitriles is 2. The number of benzene rings is 1. The molecule has 18 heavy (non-hydrogen) atoms. The minimum absolute atomic E-state index is 0.0587. The van der Waals surface area contributed by atoms with Crippen molar-refractivity contribution < 1.29 is 0 Å². The van der Waals surface area contributed by atoms with Crippen molar-refractivity contribution in [1.82, 2.24) is 14.8 Å². The first kappa shape index (κ1) is 11.8. The molecule has 0 fully saturated rings. The van der Waals surface area contributed by atoms with E-state index in [0.717, 1.165) is 0 Å². The van der Waals surface area contributed by atoms with Crippen LogP contribution in [0.1, 0.15) is 11.4 Å². The third-order valence-corrected chi connectivity index (χ3v) is 2.54. The Hall–Kier alpha value is -2.70. The summed E-state index contributed by atoms with van der Waals surface area (Å²) in [6.45, 7) is 0.141. The Morgan fingerprint density at radius 1 is 1.28 bits per heavy atom. The van der Waals surface area contributed by atoms with Crippen LogP contribution >= 0.6 is 0 Å². The van der Waals surface area contributed by atoms with Crippen LogP contribution in [0.5, 0.6) is 0 Å². The minimum atomic E-state index is -1.19. The topological polar surface area (TPSA) is 104 Å². The summed E-state index contributed by atoms with van der Waals surface area (Å²) in [7, 11) is 0. The molecule has 2 aromatic rings. The number of hydrogen-bond acceptors (Lipinski definition) is 5. The molecule has 1 aromatic heterocycles. The quantitative estimate of drug-likeness (QED) is 0.839. The first-order valence-electron chi connectivity index (χ1n) is 5.23. The van der Waals surface area contributed by atoms with Crippen LogP contribution in [0, 0.1) is 22.7 Å². The zero-order chi connectivity index (χ0) is 13.0. The smallest absolute Gasteiger partial charge is 0.252 e. The summed E-state index contributed by atoms with van der Waals surface area (Å²) in [6.07, 6.45) is 1.39. The number of nitrogens with zero attached hydrogens (tertiary/aromatic N) is 5. The molecular weight excluding hydrogens is 228 g/mol. The Labute approximate surface area is 104 Å². The molecule has 0 saturated heterocycles. The lowest BCUT2D eigenvalue weighted by atomic mass is 9.93. The lowest BCUT2D eigenvalue weighted by Gasteiger charge is -2.21. The van der Waals surface area contributed by atoms with E-state index >= 15 is 0 Å². The second-order valence-corrected chi connectivity index (χ2v) is 3.83. The maximum Gasteiger partial charge on any atom is 0.252 e. The van der Waals surface area contributed by atoms with Crippen molar-refractivity contribution in [2.24, 2.45) is 5.73 Å². The van der Waals surface area contributed by atoms with Gasteiger partial charge in [0.25, 0.3) is 5.82 Å². The zero-order valence-corrected chi connectivity index (χ0v) is 9.48. The monoisotopic (exact) mass is 238 g/mol. The van der Waals surface area contributed by atoms with E-state index in [1.165, 1.54) is 11.0 Å². The predicted octanol–water partition coefficient (Wildman–Crippen LogP) is 0.528. The number of nitrogens with two attached hydrogens (primary N) is 1. The van der Waals surface area contributed by atoms with Gasteiger partial charge in [-0.05, 0) is 5.56 Å². The average Bonchev–Trinajstić information content (AvgIpc) is 2.87. The zero-order valence-electron chi connectivity index (χ0n) is 9.48. The molecule has 0 aliphatic heterocycles. The van der Waals surface area contributed by atoms with Gasteiger partial charge in [-0.15, -0.1) is 5.10 Å². The van der Waals surface area contributed by atoms with Gasteiger partial charge in [0.1, 0.15) is 17.9 Å². The van der Waals surface area contributed by atoms with Crippen LogP contribution in [0.4, 0.5) is 0 Å². The normalized spacial score (nSPS) is 13.3. The fourth-order valence-electron chi connectivity index (χ4n) is 1.60. The highest BCUT2D eigenvalue weighted by Crippen LogP contribution is 2.19. The number of rotatable bonds is 3. The Balaban J connectivity index is 2.30. The summed E-state index contributed by atoms with van der Waals surface area (Å²) in [5, 5.41) is 21.8. The molecule has 0 aliphatic rings. The van der Waals surface area contributed by atoms with Crippen molar-refractivity contribution in [3.63, 3.8) is 0 Å². The van der Waals surface area contributed by atoms with Crippen LogP contribution in [-0.2, 0) is 12.1 Å². The van der Waals surface area contributed by atoms with E-state index in [-0.39, 0.29) is 12.4 Å². The van der Waals surface area contributed by atoms with E-state index in [0.29, 0.717) is 5.56 Å². The third kappa shape index (κ3) is 2.19. The maximum atomic E-state index is 9.26. The number of aromatic nitrogens is 3. The van der Waals surface area contributed by atoms with Crippen LogP contribution in [0.15, 0.2) is 36.7 Å². The molecule has 6 heteroatoms. The second-order valence-electron chi connectivity index (χ2n) is 3.83.